The zero-order valence-corrected chi connectivity index (χ0v) is 7.81. The van der Waals surface area contributed by atoms with Crippen LogP contribution in [0.5, 0.6) is 0 Å². The van der Waals surface area contributed by atoms with E-state index in [0.29, 0.717) is 12.8 Å². The maximum Gasteiger partial charge on any atom is 0.305 e. The number of halogens is 1. The van der Waals surface area contributed by atoms with Crippen molar-refractivity contribution in [2.75, 3.05) is 7.11 Å². The molecule has 0 spiro atoms. The summed E-state index contributed by atoms with van der Waals surface area (Å²) in [5.74, 6) is -0.325. The molecule has 0 saturated carbocycles. The van der Waals surface area contributed by atoms with Gasteiger partial charge < -0.3 is 4.74 Å². The third-order valence-corrected chi connectivity index (χ3v) is 1.76. The van der Waals surface area contributed by atoms with Crippen LogP contribution in [0, 0.1) is 0 Å². The van der Waals surface area contributed by atoms with Gasteiger partial charge >= 0.3 is 5.97 Å². The molecule has 72 valence electrons. The lowest BCUT2D eigenvalue weighted by Crippen LogP contribution is -2.06. The van der Waals surface area contributed by atoms with Crippen LogP contribution in [-0.2, 0) is 9.53 Å². The molecule has 0 N–H and O–H groups in total. The van der Waals surface area contributed by atoms with Crippen LogP contribution in [0.3, 0.4) is 0 Å². The summed E-state index contributed by atoms with van der Waals surface area (Å²) < 4.78 is 17.3. The van der Waals surface area contributed by atoms with Crippen LogP contribution in [0.1, 0.15) is 39.0 Å². The van der Waals surface area contributed by atoms with E-state index in [0.717, 1.165) is 12.8 Å². The molecule has 0 amide bonds. The monoisotopic (exact) mass is 176 g/mol. The second-order valence-electron chi connectivity index (χ2n) is 2.85. The number of hydrogen-bond acceptors (Lipinski definition) is 2. The summed E-state index contributed by atoms with van der Waals surface area (Å²) in [7, 11) is 1.32. The lowest BCUT2D eigenvalue weighted by Gasteiger charge is -2.05. The van der Waals surface area contributed by atoms with Gasteiger partial charge in [0.25, 0.3) is 0 Å². The highest BCUT2D eigenvalue weighted by Gasteiger charge is 2.08. The molecule has 3 heteroatoms. The molecule has 0 aliphatic carbocycles. The van der Waals surface area contributed by atoms with Crippen molar-refractivity contribution >= 4 is 5.97 Å². The Hall–Kier alpha value is -0.600. The van der Waals surface area contributed by atoms with Crippen LogP contribution < -0.4 is 0 Å². The zero-order valence-electron chi connectivity index (χ0n) is 7.81. The molecule has 0 aliphatic heterocycles. The Labute approximate surface area is 73.1 Å². The van der Waals surface area contributed by atoms with E-state index in [2.05, 4.69) is 4.74 Å². The molecule has 1 atom stereocenters. The average molecular weight is 176 g/mol. The van der Waals surface area contributed by atoms with Crippen molar-refractivity contribution in [3.63, 3.8) is 0 Å². The van der Waals surface area contributed by atoms with E-state index in [1.165, 1.54) is 7.11 Å². The van der Waals surface area contributed by atoms with Crippen molar-refractivity contribution in [1.82, 2.24) is 0 Å². The van der Waals surface area contributed by atoms with Gasteiger partial charge in [0.15, 0.2) is 0 Å². The molecule has 0 unspecified atom stereocenters. The minimum Gasteiger partial charge on any atom is -0.469 e. The zero-order chi connectivity index (χ0) is 9.40. The molecule has 12 heavy (non-hydrogen) atoms. The summed E-state index contributed by atoms with van der Waals surface area (Å²) in [6.07, 6.45) is 2.10. The molecule has 0 aromatic heterocycles. The standard InChI is InChI=1S/C9H17FO2/c1-3-4-5-8(10)6-7-9(11)12-2/h8H,3-7H2,1-2H3/t8-/m0/s1. The first-order chi connectivity index (χ1) is 5.70. The first kappa shape index (κ1) is 11.4. The van der Waals surface area contributed by atoms with Gasteiger partial charge in [-0.2, -0.15) is 0 Å². The van der Waals surface area contributed by atoms with Gasteiger partial charge in [0.05, 0.1) is 7.11 Å². The van der Waals surface area contributed by atoms with Crippen LogP contribution in [0.15, 0.2) is 0 Å². The third-order valence-electron chi connectivity index (χ3n) is 1.76. The average Bonchev–Trinajstić information content (AvgIpc) is 2.10. The summed E-state index contributed by atoms with van der Waals surface area (Å²) in [5, 5.41) is 0. The van der Waals surface area contributed by atoms with Crippen molar-refractivity contribution < 1.29 is 13.9 Å². The normalized spacial score (nSPS) is 12.6. The van der Waals surface area contributed by atoms with Crippen molar-refractivity contribution in [3.8, 4) is 0 Å². The van der Waals surface area contributed by atoms with Gasteiger partial charge in [0.2, 0.25) is 0 Å². The number of rotatable bonds is 6. The highest BCUT2D eigenvalue weighted by atomic mass is 19.1. The van der Waals surface area contributed by atoms with E-state index >= 15 is 0 Å². The lowest BCUT2D eigenvalue weighted by atomic mass is 10.1. The van der Waals surface area contributed by atoms with Gasteiger partial charge in [-0.3, -0.25) is 4.79 Å². The molecular formula is C9H17FO2. The van der Waals surface area contributed by atoms with E-state index in [-0.39, 0.29) is 12.4 Å². The predicted octanol–water partition coefficient (Wildman–Crippen LogP) is 2.47. The number of ether oxygens (including phenoxy) is 1. The predicted molar refractivity (Wildman–Crippen MR) is 45.7 cm³/mol. The highest BCUT2D eigenvalue weighted by Crippen LogP contribution is 2.10. The number of carbonyl (C=O) groups is 1. The van der Waals surface area contributed by atoms with Gasteiger partial charge in [0, 0.05) is 6.42 Å². The number of unbranched alkanes of at least 4 members (excludes halogenated alkanes) is 1. The van der Waals surface area contributed by atoms with E-state index in [4.69, 9.17) is 0 Å². The number of alkyl halides is 1. The number of esters is 1. The fraction of sp³-hybridized carbons (Fsp3) is 0.889. The van der Waals surface area contributed by atoms with E-state index in [1.54, 1.807) is 0 Å². The van der Waals surface area contributed by atoms with E-state index < -0.39 is 6.17 Å². The Bertz CT molecular complexity index is 126. The second kappa shape index (κ2) is 7.07. The van der Waals surface area contributed by atoms with E-state index in [9.17, 15) is 9.18 Å². The molecule has 0 aromatic rings. The number of methoxy groups -OCH3 is 1. The van der Waals surface area contributed by atoms with Crippen LogP contribution in [-0.4, -0.2) is 19.3 Å². The Morgan fingerprint density at radius 1 is 1.50 bits per heavy atom. The summed E-state index contributed by atoms with van der Waals surface area (Å²) in [4.78, 5) is 10.6. The number of hydrogen-bond donors (Lipinski definition) is 0. The summed E-state index contributed by atoms with van der Waals surface area (Å²) >= 11 is 0. The molecule has 0 fully saturated rings. The minimum atomic E-state index is -0.843. The molecule has 2 nitrogen and oxygen atoms in total. The first-order valence-corrected chi connectivity index (χ1v) is 4.41. The quantitative estimate of drug-likeness (QED) is 0.581. The topological polar surface area (TPSA) is 26.3 Å². The van der Waals surface area contributed by atoms with Crippen LogP contribution in [0.4, 0.5) is 4.39 Å². The molecule has 0 bridgehead atoms. The summed E-state index contributed by atoms with van der Waals surface area (Å²) in [6, 6.07) is 0. The van der Waals surface area contributed by atoms with Gasteiger partial charge in [-0.1, -0.05) is 19.8 Å². The Balaban J connectivity index is 3.30. The summed E-state index contributed by atoms with van der Waals surface area (Å²) in [5.41, 5.74) is 0. The summed E-state index contributed by atoms with van der Waals surface area (Å²) in [6.45, 7) is 2.02. The molecule has 0 saturated heterocycles. The SMILES string of the molecule is CCCC[C@H](F)CCC(=O)OC. The van der Waals surface area contributed by atoms with Crippen LogP contribution >= 0.6 is 0 Å². The van der Waals surface area contributed by atoms with Gasteiger partial charge in [-0.25, -0.2) is 4.39 Å². The Morgan fingerprint density at radius 3 is 2.67 bits per heavy atom. The highest BCUT2D eigenvalue weighted by molar-refractivity contribution is 5.69. The fourth-order valence-electron chi connectivity index (χ4n) is 0.946. The first-order valence-electron chi connectivity index (χ1n) is 4.41. The second-order valence-corrected chi connectivity index (χ2v) is 2.85. The molecule has 0 radical (unpaired) electrons. The van der Waals surface area contributed by atoms with Gasteiger partial charge in [0.1, 0.15) is 6.17 Å². The Kier molecular flexibility index (Phi) is 6.72. The largest absolute Gasteiger partial charge is 0.469 e. The van der Waals surface area contributed by atoms with E-state index in [1.807, 2.05) is 6.92 Å². The third kappa shape index (κ3) is 6.13. The maximum absolute atomic E-state index is 12.9. The van der Waals surface area contributed by atoms with Crippen molar-refractivity contribution in [2.24, 2.45) is 0 Å². The van der Waals surface area contributed by atoms with Crippen molar-refractivity contribution in [3.05, 3.63) is 0 Å². The smallest absolute Gasteiger partial charge is 0.305 e. The molecule has 0 rings (SSSR count). The van der Waals surface area contributed by atoms with Gasteiger partial charge in [-0.05, 0) is 12.8 Å². The molecular weight excluding hydrogens is 159 g/mol. The maximum atomic E-state index is 12.9. The van der Waals surface area contributed by atoms with Crippen molar-refractivity contribution in [2.45, 2.75) is 45.2 Å². The lowest BCUT2D eigenvalue weighted by molar-refractivity contribution is -0.141. The van der Waals surface area contributed by atoms with Crippen molar-refractivity contribution in [1.29, 1.82) is 0 Å². The minimum absolute atomic E-state index is 0.196. The molecule has 0 aliphatic rings. The molecule has 0 heterocycles. The van der Waals surface area contributed by atoms with Gasteiger partial charge in [-0.15, -0.1) is 0 Å². The fourth-order valence-corrected chi connectivity index (χ4v) is 0.946. The molecule has 0 aromatic carbocycles. The van der Waals surface area contributed by atoms with Crippen LogP contribution in [0.25, 0.3) is 0 Å². The number of carbonyl (C=O) groups excluding carboxylic acids is 1. The Morgan fingerprint density at radius 2 is 2.17 bits per heavy atom. The van der Waals surface area contributed by atoms with Crippen LogP contribution in [0.2, 0.25) is 0 Å².